The number of alkyl halides is 1. The number of esters is 2. The van der Waals surface area contributed by atoms with Gasteiger partial charge in [-0.15, -0.1) is 0 Å². The van der Waals surface area contributed by atoms with Crippen LogP contribution in [0.2, 0.25) is 0 Å². The van der Waals surface area contributed by atoms with Gasteiger partial charge in [0.1, 0.15) is 5.60 Å². The maximum absolute atomic E-state index is 17.3. The third-order valence-corrected chi connectivity index (χ3v) is 10.0. The van der Waals surface area contributed by atoms with Crippen molar-refractivity contribution in [2.45, 2.75) is 96.9 Å². The lowest BCUT2D eigenvalue weighted by Crippen LogP contribution is -2.68. The van der Waals surface area contributed by atoms with Gasteiger partial charge in [0.2, 0.25) is 0 Å². The summed E-state index contributed by atoms with van der Waals surface area (Å²) in [5.41, 5.74) is -3.92. The number of carbonyl (C=O) groups excluding carboxylic acids is 3. The van der Waals surface area contributed by atoms with E-state index in [1.807, 2.05) is 13.8 Å². The van der Waals surface area contributed by atoms with Crippen LogP contribution in [0.4, 0.5) is 4.39 Å². The van der Waals surface area contributed by atoms with Gasteiger partial charge in [-0.3, -0.25) is 14.4 Å². The lowest BCUT2D eigenvalue weighted by atomic mass is 9.44. The molecule has 0 aromatic heterocycles. The van der Waals surface area contributed by atoms with E-state index in [4.69, 9.17) is 9.47 Å². The quantitative estimate of drug-likeness (QED) is 0.546. The number of hydrogen-bond acceptors (Lipinski definition) is 6. The van der Waals surface area contributed by atoms with E-state index in [1.54, 1.807) is 26.8 Å². The number of allylic oxidation sites excluding steroid dienone is 4. The van der Waals surface area contributed by atoms with Gasteiger partial charge < -0.3 is 14.6 Å². The lowest BCUT2D eigenvalue weighted by molar-refractivity contribution is -0.233. The first-order chi connectivity index (χ1) is 16.4. The van der Waals surface area contributed by atoms with Crippen LogP contribution < -0.4 is 0 Å². The second kappa shape index (κ2) is 8.82. The van der Waals surface area contributed by atoms with Crippen LogP contribution in [0.1, 0.15) is 79.6 Å². The number of carbonyl (C=O) groups is 3. The van der Waals surface area contributed by atoms with Crippen molar-refractivity contribution >= 4 is 17.7 Å². The van der Waals surface area contributed by atoms with Gasteiger partial charge >= 0.3 is 11.9 Å². The van der Waals surface area contributed by atoms with Crippen molar-refractivity contribution in [1.29, 1.82) is 0 Å². The molecule has 8 atom stereocenters. The molecule has 0 heterocycles. The molecule has 194 valence electrons. The SMILES string of the molecule is CCC(=O)OCC[C@@]1(OC(=O)CC)[C@@H](C)C[C@H]2[C@@H]3CCC4=CC(=O)C=C[C@]4(C)[C@@]3(F)[C@@H](O)C[C@@]21C. The highest BCUT2D eigenvalue weighted by Gasteiger charge is 2.75. The normalized spacial score (nSPS) is 44.1. The van der Waals surface area contributed by atoms with Crippen molar-refractivity contribution in [2.24, 2.45) is 28.6 Å². The fourth-order valence-electron chi connectivity index (χ4n) is 8.11. The Morgan fingerprint density at radius 3 is 2.51 bits per heavy atom. The van der Waals surface area contributed by atoms with Gasteiger partial charge in [-0.1, -0.05) is 39.3 Å². The van der Waals surface area contributed by atoms with E-state index in [9.17, 15) is 19.5 Å². The van der Waals surface area contributed by atoms with Gasteiger partial charge in [0.25, 0.3) is 0 Å². The van der Waals surface area contributed by atoms with E-state index in [-0.39, 0.29) is 55.4 Å². The molecule has 7 heteroatoms. The van der Waals surface area contributed by atoms with E-state index in [0.29, 0.717) is 25.7 Å². The van der Waals surface area contributed by atoms with Crippen molar-refractivity contribution in [3.05, 3.63) is 23.8 Å². The Morgan fingerprint density at radius 2 is 1.86 bits per heavy atom. The standard InChI is InChI=1S/C28H39FO6/c1-6-23(32)34-13-12-27(35-24(33)7-2)17(3)14-21-20-9-8-18-15-19(30)10-11-25(18,4)28(20,29)22(31)16-26(21,27)5/h10-11,15,17,20-22,31H,6-9,12-14,16H2,1-5H3/t17-,20-,21-,22-,25-,26-,27+,28-/m0/s1. The summed E-state index contributed by atoms with van der Waals surface area (Å²) in [7, 11) is 0. The summed E-state index contributed by atoms with van der Waals surface area (Å²) >= 11 is 0. The first-order valence-electron chi connectivity index (χ1n) is 13.1. The number of aliphatic hydroxyl groups is 1. The predicted molar refractivity (Wildman–Crippen MR) is 128 cm³/mol. The lowest BCUT2D eigenvalue weighted by Gasteiger charge is -2.63. The summed E-state index contributed by atoms with van der Waals surface area (Å²) < 4.78 is 29.0. The molecule has 4 aliphatic carbocycles. The second-order valence-corrected chi connectivity index (χ2v) is 11.4. The minimum absolute atomic E-state index is 0.101. The highest BCUT2D eigenvalue weighted by molar-refractivity contribution is 6.01. The molecule has 0 unspecified atom stereocenters. The summed E-state index contributed by atoms with van der Waals surface area (Å²) in [6.45, 7) is 9.40. The van der Waals surface area contributed by atoms with Gasteiger partial charge in [0, 0.05) is 36.0 Å². The van der Waals surface area contributed by atoms with Crippen LogP contribution >= 0.6 is 0 Å². The molecule has 35 heavy (non-hydrogen) atoms. The van der Waals surface area contributed by atoms with Crippen LogP contribution in [-0.2, 0) is 23.9 Å². The molecule has 3 saturated carbocycles. The number of halogens is 1. The van der Waals surface area contributed by atoms with Gasteiger partial charge in [-0.05, 0) is 56.6 Å². The van der Waals surface area contributed by atoms with Crippen molar-refractivity contribution < 1.29 is 33.4 Å². The maximum atomic E-state index is 17.3. The Bertz CT molecular complexity index is 972. The fourth-order valence-corrected chi connectivity index (χ4v) is 8.11. The van der Waals surface area contributed by atoms with Gasteiger partial charge in [0.05, 0.1) is 12.7 Å². The number of aliphatic hydroxyl groups excluding tert-OH is 1. The Labute approximate surface area is 207 Å². The molecule has 4 aliphatic rings. The van der Waals surface area contributed by atoms with E-state index < -0.39 is 34.1 Å². The van der Waals surface area contributed by atoms with E-state index in [1.165, 1.54) is 12.2 Å². The summed E-state index contributed by atoms with van der Waals surface area (Å²) in [5, 5.41) is 11.6. The third-order valence-electron chi connectivity index (χ3n) is 10.0. The monoisotopic (exact) mass is 490 g/mol. The molecule has 0 bridgehead atoms. The molecule has 0 aliphatic heterocycles. The molecule has 0 amide bonds. The van der Waals surface area contributed by atoms with Crippen LogP contribution in [0.15, 0.2) is 23.8 Å². The molecule has 1 N–H and O–H groups in total. The molecule has 0 aromatic rings. The van der Waals surface area contributed by atoms with Crippen LogP contribution in [0.25, 0.3) is 0 Å². The fraction of sp³-hybridized carbons (Fsp3) is 0.750. The molecule has 4 rings (SSSR count). The number of fused-ring (bicyclic) bond motifs is 5. The first kappa shape index (κ1) is 26.1. The van der Waals surface area contributed by atoms with E-state index in [2.05, 4.69) is 0 Å². The van der Waals surface area contributed by atoms with Crippen molar-refractivity contribution in [3.63, 3.8) is 0 Å². The first-order valence-corrected chi connectivity index (χ1v) is 13.1. The number of ether oxygens (including phenoxy) is 2. The summed E-state index contributed by atoms with van der Waals surface area (Å²) in [5.74, 6) is -1.51. The van der Waals surface area contributed by atoms with Gasteiger partial charge in [-0.25, -0.2) is 4.39 Å². The predicted octanol–water partition coefficient (Wildman–Crippen LogP) is 4.64. The zero-order valence-corrected chi connectivity index (χ0v) is 21.6. The summed E-state index contributed by atoms with van der Waals surface area (Å²) in [6, 6.07) is 0. The topological polar surface area (TPSA) is 89.9 Å². The summed E-state index contributed by atoms with van der Waals surface area (Å²) in [4.78, 5) is 36.5. The van der Waals surface area contributed by atoms with E-state index in [0.717, 1.165) is 5.57 Å². The second-order valence-electron chi connectivity index (χ2n) is 11.4. The molecule has 0 spiro atoms. The van der Waals surface area contributed by atoms with Crippen LogP contribution in [-0.4, -0.2) is 46.8 Å². The Hall–Kier alpha value is -2.02. The maximum Gasteiger partial charge on any atom is 0.306 e. The minimum atomic E-state index is -1.93. The Morgan fingerprint density at radius 1 is 1.17 bits per heavy atom. The van der Waals surface area contributed by atoms with Crippen molar-refractivity contribution in [3.8, 4) is 0 Å². The average molecular weight is 491 g/mol. The smallest absolute Gasteiger partial charge is 0.306 e. The number of rotatable bonds is 6. The van der Waals surface area contributed by atoms with E-state index >= 15 is 4.39 Å². The highest BCUT2D eigenvalue weighted by atomic mass is 19.1. The molecule has 3 fully saturated rings. The molecule has 0 saturated heterocycles. The van der Waals surface area contributed by atoms with Crippen molar-refractivity contribution in [2.75, 3.05) is 6.61 Å². The zero-order valence-electron chi connectivity index (χ0n) is 21.6. The summed E-state index contributed by atoms with van der Waals surface area (Å²) in [6.07, 6.45) is 5.95. The van der Waals surface area contributed by atoms with Crippen LogP contribution in [0.3, 0.4) is 0 Å². The molecular formula is C28H39FO6. The third kappa shape index (κ3) is 3.55. The zero-order chi connectivity index (χ0) is 25.8. The molecule has 0 aromatic carbocycles. The largest absolute Gasteiger partial charge is 0.466 e. The highest BCUT2D eigenvalue weighted by Crippen LogP contribution is 2.71. The van der Waals surface area contributed by atoms with Crippen LogP contribution in [0.5, 0.6) is 0 Å². The number of hydrogen-bond donors (Lipinski definition) is 1. The van der Waals surface area contributed by atoms with Crippen molar-refractivity contribution in [1.82, 2.24) is 0 Å². The minimum Gasteiger partial charge on any atom is -0.466 e. The molecule has 6 nitrogen and oxygen atoms in total. The molecular weight excluding hydrogens is 451 g/mol. The molecule has 0 radical (unpaired) electrons. The average Bonchev–Trinajstić information content (AvgIpc) is 3.01. The van der Waals surface area contributed by atoms with Gasteiger partial charge in [0.15, 0.2) is 11.5 Å². The Balaban J connectivity index is 1.75. The number of ketones is 1. The van der Waals surface area contributed by atoms with Gasteiger partial charge in [-0.2, -0.15) is 0 Å². The van der Waals surface area contributed by atoms with Crippen LogP contribution in [0, 0.1) is 28.6 Å². The Kier molecular flexibility index (Phi) is 6.57.